The lowest BCUT2D eigenvalue weighted by molar-refractivity contribution is 0.240. The van der Waals surface area contributed by atoms with Crippen LogP contribution < -0.4 is 5.56 Å². The molecule has 5 nitrogen and oxygen atoms in total. The molecule has 0 bridgehead atoms. The Morgan fingerprint density at radius 3 is 2.95 bits per heavy atom. The Kier molecular flexibility index (Phi) is 4.07. The molecule has 3 heterocycles. The molecule has 0 radical (unpaired) electrons. The Bertz CT molecular complexity index is 736. The zero-order valence-electron chi connectivity index (χ0n) is 13.4. The first-order valence-electron chi connectivity index (χ1n) is 7.78. The summed E-state index contributed by atoms with van der Waals surface area (Å²) in [6, 6.07) is 2.02. The maximum absolute atomic E-state index is 12.3. The monoisotopic (exact) mass is 298 g/mol. The first-order valence-corrected chi connectivity index (χ1v) is 7.78. The van der Waals surface area contributed by atoms with Gasteiger partial charge in [-0.25, -0.2) is 4.98 Å². The standard InChI is InChI=1S/C17H22N4O/c1-11(2)16-19-15-5-7-21(10-14(15)17(22)20-16)9-13-8-18-6-4-12(13)3/h4,6,8,11H,5,7,9-10H2,1-3H3,(H,19,20,22). The van der Waals surface area contributed by atoms with Crippen LogP contribution in [0.4, 0.5) is 0 Å². The van der Waals surface area contributed by atoms with Gasteiger partial charge in [0.2, 0.25) is 0 Å². The molecule has 0 saturated carbocycles. The van der Waals surface area contributed by atoms with Gasteiger partial charge in [-0.3, -0.25) is 14.7 Å². The van der Waals surface area contributed by atoms with Gasteiger partial charge in [0.15, 0.2) is 0 Å². The number of hydrogen-bond acceptors (Lipinski definition) is 4. The van der Waals surface area contributed by atoms with Gasteiger partial charge in [-0.2, -0.15) is 0 Å². The van der Waals surface area contributed by atoms with E-state index in [1.54, 1.807) is 0 Å². The number of aromatic nitrogens is 3. The second-order valence-electron chi connectivity index (χ2n) is 6.29. The van der Waals surface area contributed by atoms with Crippen LogP contribution in [0.25, 0.3) is 0 Å². The summed E-state index contributed by atoms with van der Waals surface area (Å²) in [7, 11) is 0. The minimum Gasteiger partial charge on any atom is -0.310 e. The topological polar surface area (TPSA) is 61.9 Å². The Labute approximate surface area is 130 Å². The summed E-state index contributed by atoms with van der Waals surface area (Å²) in [4.78, 5) is 26.4. The molecule has 3 rings (SSSR count). The fourth-order valence-electron chi connectivity index (χ4n) is 2.81. The molecule has 1 aliphatic rings. The molecule has 1 N–H and O–H groups in total. The number of fused-ring (bicyclic) bond motifs is 1. The van der Waals surface area contributed by atoms with Crippen LogP contribution in [0, 0.1) is 6.92 Å². The highest BCUT2D eigenvalue weighted by molar-refractivity contribution is 5.24. The van der Waals surface area contributed by atoms with Crippen molar-refractivity contribution in [3.63, 3.8) is 0 Å². The van der Waals surface area contributed by atoms with Gasteiger partial charge in [-0.05, 0) is 24.1 Å². The zero-order chi connectivity index (χ0) is 15.7. The van der Waals surface area contributed by atoms with Crippen molar-refractivity contribution in [1.82, 2.24) is 19.9 Å². The van der Waals surface area contributed by atoms with Crippen LogP contribution in [-0.2, 0) is 19.5 Å². The molecule has 0 aromatic carbocycles. The van der Waals surface area contributed by atoms with Crippen LogP contribution in [0.1, 0.15) is 48.0 Å². The summed E-state index contributed by atoms with van der Waals surface area (Å²) in [6.45, 7) is 8.60. The maximum Gasteiger partial charge on any atom is 0.255 e. The first kappa shape index (κ1) is 14.9. The van der Waals surface area contributed by atoms with Crippen LogP contribution in [0.3, 0.4) is 0 Å². The highest BCUT2D eigenvalue weighted by Gasteiger charge is 2.22. The highest BCUT2D eigenvalue weighted by atomic mass is 16.1. The van der Waals surface area contributed by atoms with Crippen molar-refractivity contribution >= 4 is 0 Å². The Hall–Kier alpha value is -2.01. The second-order valence-corrected chi connectivity index (χ2v) is 6.29. The van der Waals surface area contributed by atoms with Crippen molar-refractivity contribution < 1.29 is 0 Å². The number of rotatable bonds is 3. The molecule has 116 valence electrons. The third kappa shape index (κ3) is 2.95. The Balaban J connectivity index is 1.82. The predicted octanol–water partition coefficient (Wildman–Crippen LogP) is 2.16. The second kappa shape index (κ2) is 6.01. The average molecular weight is 298 g/mol. The first-order chi connectivity index (χ1) is 10.5. The molecule has 0 aliphatic carbocycles. The fourth-order valence-corrected chi connectivity index (χ4v) is 2.81. The predicted molar refractivity (Wildman–Crippen MR) is 85.7 cm³/mol. The molecule has 5 heteroatoms. The van der Waals surface area contributed by atoms with E-state index in [0.29, 0.717) is 6.54 Å². The van der Waals surface area contributed by atoms with E-state index in [9.17, 15) is 4.79 Å². The minimum atomic E-state index is 0.0151. The summed E-state index contributed by atoms with van der Waals surface area (Å²) >= 11 is 0. The van der Waals surface area contributed by atoms with Gasteiger partial charge in [0, 0.05) is 44.4 Å². The SMILES string of the molecule is Cc1ccncc1CN1CCc2nc(C(C)C)[nH]c(=O)c2C1. The lowest BCUT2D eigenvalue weighted by Crippen LogP contribution is -2.36. The number of aromatic amines is 1. The Morgan fingerprint density at radius 1 is 1.41 bits per heavy atom. The molecule has 22 heavy (non-hydrogen) atoms. The molecule has 0 amide bonds. The van der Waals surface area contributed by atoms with Gasteiger partial charge in [-0.15, -0.1) is 0 Å². The number of nitrogens with one attached hydrogen (secondary N) is 1. The van der Waals surface area contributed by atoms with E-state index >= 15 is 0 Å². The van der Waals surface area contributed by atoms with Gasteiger partial charge in [0.1, 0.15) is 5.82 Å². The van der Waals surface area contributed by atoms with E-state index in [2.05, 4.69) is 26.8 Å². The quantitative estimate of drug-likeness (QED) is 0.943. The number of nitrogens with zero attached hydrogens (tertiary/aromatic N) is 3. The van der Waals surface area contributed by atoms with Crippen LogP contribution in [-0.4, -0.2) is 26.4 Å². The van der Waals surface area contributed by atoms with Crippen molar-refractivity contribution in [3.05, 3.63) is 57.0 Å². The van der Waals surface area contributed by atoms with Gasteiger partial charge in [0.05, 0.1) is 11.3 Å². The van der Waals surface area contributed by atoms with Crippen LogP contribution in [0.5, 0.6) is 0 Å². The molecule has 1 aliphatic heterocycles. The van der Waals surface area contributed by atoms with Crippen molar-refractivity contribution in [1.29, 1.82) is 0 Å². The molecule has 2 aromatic rings. The maximum atomic E-state index is 12.3. The Morgan fingerprint density at radius 2 is 2.23 bits per heavy atom. The highest BCUT2D eigenvalue weighted by Crippen LogP contribution is 2.19. The molecule has 0 unspecified atom stereocenters. The summed E-state index contributed by atoms with van der Waals surface area (Å²) in [5, 5.41) is 0. The molecule has 0 saturated heterocycles. The van der Waals surface area contributed by atoms with Crippen molar-refractivity contribution in [3.8, 4) is 0 Å². The third-order valence-corrected chi connectivity index (χ3v) is 4.25. The summed E-state index contributed by atoms with van der Waals surface area (Å²) in [5.74, 6) is 1.04. The molecular weight excluding hydrogens is 276 g/mol. The van der Waals surface area contributed by atoms with Crippen molar-refractivity contribution in [2.24, 2.45) is 0 Å². The van der Waals surface area contributed by atoms with Gasteiger partial charge >= 0.3 is 0 Å². The van der Waals surface area contributed by atoms with Gasteiger partial charge in [0.25, 0.3) is 5.56 Å². The number of hydrogen-bond donors (Lipinski definition) is 1. The van der Waals surface area contributed by atoms with Crippen molar-refractivity contribution in [2.75, 3.05) is 6.54 Å². The van der Waals surface area contributed by atoms with Crippen LogP contribution in [0.2, 0.25) is 0 Å². The summed E-state index contributed by atoms with van der Waals surface area (Å²) in [5.41, 5.74) is 4.25. The van der Waals surface area contributed by atoms with E-state index < -0.39 is 0 Å². The fraction of sp³-hybridized carbons (Fsp3) is 0.471. The largest absolute Gasteiger partial charge is 0.310 e. The van der Waals surface area contributed by atoms with Gasteiger partial charge < -0.3 is 4.98 Å². The molecule has 0 spiro atoms. The lowest BCUT2D eigenvalue weighted by Gasteiger charge is -2.28. The third-order valence-electron chi connectivity index (χ3n) is 4.25. The summed E-state index contributed by atoms with van der Waals surface area (Å²) in [6.07, 6.45) is 4.56. The number of pyridine rings is 1. The molecule has 0 fully saturated rings. The van der Waals surface area contributed by atoms with Crippen molar-refractivity contribution in [2.45, 2.75) is 46.2 Å². The number of aryl methyl sites for hydroxylation is 1. The average Bonchev–Trinajstić information content (AvgIpc) is 2.50. The van der Waals surface area contributed by atoms with E-state index in [1.807, 2.05) is 32.3 Å². The minimum absolute atomic E-state index is 0.0151. The normalized spacial score (nSPS) is 15.1. The van der Waals surface area contributed by atoms with Crippen LogP contribution >= 0.6 is 0 Å². The van der Waals surface area contributed by atoms with E-state index in [0.717, 1.165) is 36.6 Å². The van der Waals surface area contributed by atoms with Gasteiger partial charge in [-0.1, -0.05) is 13.8 Å². The van der Waals surface area contributed by atoms with E-state index in [-0.39, 0.29) is 11.5 Å². The molecule has 2 aromatic heterocycles. The molecular formula is C17H22N4O. The zero-order valence-corrected chi connectivity index (χ0v) is 13.4. The molecule has 0 atom stereocenters. The number of H-pyrrole nitrogens is 1. The smallest absolute Gasteiger partial charge is 0.255 e. The van der Waals surface area contributed by atoms with Crippen LogP contribution in [0.15, 0.2) is 23.3 Å². The summed E-state index contributed by atoms with van der Waals surface area (Å²) < 4.78 is 0. The lowest BCUT2D eigenvalue weighted by atomic mass is 10.0. The van der Waals surface area contributed by atoms with E-state index in [4.69, 9.17) is 0 Å². The van der Waals surface area contributed by atoms with E-state index in [1.165, 1.54) is 11.1 Å².